The molecule has 0 saturated carbocycles. The van der Waals surface area contributed by atoms with Crippen LogP contribution in [0.5, 0.6) is 0 Å². The molecule has 0 amide bonds. The van der Waals surface area contributed by atoms with E-state index in [4.69, 9.17) is 0 Å². The molecule has 0 saturated heterocycles. The number of benzene rings is 3. The Labute approximate surface area is 262 Å². The number of carboxylic acids is 1. The molecule has 3 aromatic carbocycles. The van der Waals surface area contributed by atoms with Crippen molar-refractivity contribution in [1.29, 1.82) is 0 Å². The van der Waals surface area contributed by atoms with Crippen molar-refractivity contribution in [1.82, 2.24) is 8.87 Å². The lowest BCUT2D eigenvalue weighted by molar-refractivity contribution is -0.307. The summed E-state index contributed by atoms with van der Waals surface area (Å²) in [6.45, 7) is 3.83. The average molecular weight is 640 g/mol. The second-order valence-corrected chi connectivity index (χ2v) is 13.4. The molecule has 0 aliphatic heterocycles. The van der Waals surface area contributed by atoms with Gasteiger partial charge < -0.3 is 24.7 Å². The van der Waals surface area contributed by atoms with E-state index >= 15 is 0 Å². The fourth-order valence-electron chi connectivity index (χ4n) is 5.54. The van der Waals surface area contributed by atoms with Gasteiger partial charge in [0.15, 0.2) is 0 Å². The number of carbonyl (C=O) groups is 1. The Balaban J connectivity index is 1.96. The van der Waals surface area contributed by atoms with Gasteiger partial charge in [0.25, 0.3) is 0 Å². The Bertz CT molecular complexity index is 1710. The third kappa shape index (κ3) is 8.04. The fourth-order valence-corrected chi connectivity index (χ4v) is 7.25. The second kappa shape index (κ2) is 14.5. The summed E-state index contributed by atoms with van der Waals surface area (Å²) in [5.41, 5.74) is 2.85. The van der Waals surface area contributed by atoms with E-state index in [2.05, 4.69) is 0 Å². The molecular formula is C34H37F2N2O6S-. The van der Waals surface area contributed by atoms with E-state index in [1.165, 1.54) is 59.9 Å². The predicted molar refractivity (Wildman–Crippen MR) is 165 cm³/mol. The number of carboxylic acid groups (broad SMARTS) is 1. The number of aliphatic hydroxyl groups excluding tert-OH is 2. The summed E-state index contributed by atoms with van der Waals surface area (Å²) in [7, 11) is -2.74. The number of nitrogens with zero attached hydrogens (tertiary/aromatic N) is 2. The van der Waals surface area contributed by atoms with Crippen LogP contribution in [0.1, 0.15) is 50.3 Å². The highest BCUT2D eigenvalue weighted by Gasteiger charge is 2.36. The summed E-state index contributed by atoms with van der Waals surface area (Å²) in [5.74, 6) is -2.81. The Kier molecular flexibility index (Phi) is 10.9. The molecule has 0 aliphatic carbocycles. The maximum absolute atomic E-state index is 14.6. The van der Waals surface area contributed by atoms with Crippen molar-refractivity contribution in [3.63, 3.8) is 0 Å². The van der Waals surface area contributed by atoms with Crippen LogP contribution >= 0.6 is 0 Å². The second-order valence-electron chi connectivity index (χ2n) is 11.4. The molecule has 4 rings (SSSR count). The number of halogens is 2. The van der Waals surface area contributed by atoms with Gasteiger partial charge in [-0.05, 0) is 71.8 Å². The minimum Gasteiger partial charge on any atom is -0.550 e. The Morgan fingerprint density at radius 1 is 0.889 bits per heavy atom. The number of aliphatic hydroxyl groups is 2. The first-order chi connectivity index (χ1) is 21.3. The van der Waals surface area contributed by atoms with Gasteiger partial charge in [-0.3, -0.25) is 0 Å². The minimum atomic E-state index is -4.22. The number of carbonyl (C=O) groups excluding carboxylic acids is 1. The molecule has 11 heteroatoms. The Morgan fingerprint density at radius 3 is 1.98 bits per heavy atom. The molecule has 1 aromatic heterocycles. The summed E-state index contributed by atoms with van der Waals surface area (Å²) in [4.78, 5) is 10.9. The first kappa shape index (κ1) is 34.0. The van der Waals surface area contributed by atoms with Gasteiger partial charge in [-0.1, -0.05) is 56.3 Å². The standard InChI is InChI=1S/C34H38F2N2O6S/c1-22(2)32-34(45(43,44)37(3)21-23-7-5-4-6-8-23)31(24-9-13-26(35)14-10-24)33(25-11-15-27(36)16-12-25)38(32)18-17-28(39)19-29(40)20-30(41)42/h4-16,22,28-29,39-40H,17-21H2,1-3H3,(H,41,42)/p-1/t28-,29-/m1/s1. The summed E-state index contributed by atoms with van der Waals surface area (Å²) >= 11 is 0. The number of sulfonamides is 1. The van der Waals surface area contributed by atoms with Crippen LogP contribution in [-0.2, 0) is 27.9 Å². The maximum atomic E-state index is 14.6. The van der Waals surface area contributed by atoms with Gasteiger partial charge in [-0.2, -0.15) is 4.31 Å². The number of hydrogen-bond donors (Lipinski definition) is 2. The lowest BCUT2D eigenvalue weighted by Crippen LogP contribution is -2.30. The Hall–Kier alpha value is -3.90. The van der Waals surface area contributed by atoms with Crippen molar-refractivity contribution in [3.05, 3.63) is 102 Å². The fraction of sp³-hybridized carbons (Fsp3) is 0.324. The summed E-state index contributed by atoms with van der Waals surface area (Å²) in [6.07, 6.45) is -3.28. The van der Waals surface area contributed by atoms with E-state index in [0.29, 0.717) is 28.1 Å². The van der Waals surface area contributed by atoms with Crippen LogP contribution in [-0.4, -0.2) is 52.7 Å². The van der Waals surface area contributed by atoms with E-state index in [9.17, 15) is 37.3 Å². The van der Waals surface area contributed by atoms with Gasteiger partial charge in [0.1, 0.15) is 16.5 Å². The molecule has 0 aliphatic rings. The molecule has 45 heavy (non-hydrogen) atoms. The lowest BCUT2D eigenvalue weighted by atomic mass is 10.00. The number of aliphatic carboxylic acids is 1. The molecule has 2 N–H and O–H groups in total. The highest BCUT2D eigenvalue weighted by Crippen LogP contribution is 2.45. The molecule has 4 aromatic rings. The van der Waals surface area contributed by atoms with Gasteiger partial charge >= 0.3 is 0 Å². The van der Waals surface area contributed by atoms with Crippen molar-refractivity contribution in [2.75, 3.05) is 7.05 Å². The highest BCUT2D eigenvalue weighted by molar-refractivity contribution is 7.89. The van der Waals surface area contributed by atoms with E-state index in [1.807, 2.05) is 44.2 Å². The Morgan fingerprint density at radius 2 is 1.44 bits per heavy atom. The van der Waals surface area contributed by atoms with Crippen LogP contribution in [0.15, 0.2) is 83.8 Å². The molecule has 0 radical (unpaired) electrons. The summed E-state index contributed by atoms with van der Waals surface area (Å²) in [6, 6.07) is 20.2. The zero-order chi connectivity index (χ0) is 32.9. The lowest BCUT2D eigenvalue weighted by Gasteiger charge is -2.22. The summed E-state index contributed by atoms with van der Waals surface area (Å²) < 4.78 is 60.4. The smallest absolute Gasteiger partial charge is 0.245 e. The van der Waals surface area contributed by atoms with Crippen molar-refractivity contribution < 1.29 is 37.3 Å². The summed E-state index contributed by atoms with van der Waals surface area (Å²) in [5, 5.41) is 31.7. The van der Waals surface area contributed by atoms with E-state index in [0.717, 1.165) is 5.56 Å². The first-order valence-corrected chi connectivity index (χ1v) is 16.1. The quantitative estimate of drug-likeness (QED) is 0.207. The molecule has 2 atom stereocenters. The van der Waals surface area contributed by atoms with Crippen molar-refractivity contribution in [2.24, 2.45) is 0 Å². The van der Waals surface area contributed by atoms with E-state index < -0.39 is 46.3 Å². The van der Waals surface area contributed by atoms with Gasteiger partial charge in [-0.15, -0.1) is 0 Å². The van der Waals surface area contributed by atoms with Gasteiger partial charge in [0.05, 0.1) is 17.9 Å². The van der Waals surface area contributed by atoms with Crippen LogP contribution in [0.2, 0.25) is 0 Å². The van der Waals surface area contributed by atoms with Gasteiger partial charge in [0.2, 0.25) is 10.0 Å². The normalized spacial score (nSPS) is 13.4. The molecule has 0 spiro atoms. The van der Waals surface area contributed by atoms with Gasteiger partial charge in [0, 0.05) is 43.8 Å². The van der Waals surface area contributed by atoms with E-state index in [1.54, 1.807) is 4.57 Å². The van der Waals surface area contributed by atoms with Crippen LogP contribution in [0.4, 0.5) is 8.78 Å². The van der Waals surface area contributed by atoms with Gasteiger partial charge in [-0.25, -0.2) is 17.2 Å². The molecule has 0 unspecified atom stereocenters. The monoisotopic (exact) mass is 639 g/mol. The zero-order valence-corrected chi connectivity index (χ0v) is 26.2. The van der Waals surface area contributed by atoms with Crippen molar-refractivity contribution >= 4 is 16.0 Å². The zero-order valence-electron chi connectivity index (χ0n) is 25.4. The molecule has 8 nitrogen and oxygen atoms in total. The third-order valence-corrected chi connectivity index (χ3v) is 9.48. The van der Waals surface area contributed by atoms with E-state index in [-0.39, 0.29) is 36.7 Å². The maximum Gasteiger partial charge on any atom is 0.245 e. The average Bonchev–Trinajstić information content (AvgIpc) is 3.33. The van der Waals surface area contributed by atoms with Crippen molar-refractivity contribution in [3.8, 4) is 22.4 Å². The largest absolute Gasteiger partial charge is 0.550 e. The SMILES string of the molecule is CC(C)c1c(S(=O)(=O)N(C)Cc2ccccc2)c(-c2ccc(F)cc2)c(-c2ccc(F)cc2)n1CC[C@@H](O)C[C@@H](O)CC(=O)[O-]. The third-order valence-electron chi connectivity index (χ3n) is 7.60. The van der Waals surface area contributed by atoms with Crippen LogP contribution in [0.3, 0.4) is 0 Å². The van der Waals surface area contributed by atoms with Crippen LogP contribution in [0.25, 0.3) is 22.4 Å². The topological polar surface area (TPSA) is 123 Å². The first-order valence-electron chi connectivity index (χ1n) is 14.6. The van der Waals surface area contributed by atoms with Crippen LogP contribution < -0.4 is 5.11 Å². The number of hydrogen-bond acceptors (Lipinski definition) is 6. The highest BCUT2D eigenvalue weighted by atomic mass is 32.2. The number of aromatic nitrogens is 1. The predicted octanol–water partition coefficient (Wildman–Crippen LogP) is 4.69. The minimum absolute atomic E-state index is 0.00772. The molecule has 240 valence electrons. The van der Waals surface area contributed by atoms with Crippen LogP contribution in [0, 0.1) is 11.6 Å². The van der Waals surface area contributed by atoms with Crippen molar-refractivity contribution in [2.45, 2.75) is 69.2 Å². The molecule has 0 fully saturated rings. The molecule has 0 bridgehead atoms. The molecule has 1 heterocycles. The molecular weight excluding hydrogens is 602 g/mol. The number of rotatable bonds is 14.